The highest BCUT2D eigenvalue weighted by atomic mass is 16.5. The Morgan fingerprint density at radius 1 is 1.37 bits per heavy atom. The number of carbonyl (C=O) groups excluding carboxylic acids is 1. The average Bonchev–Trinajstić information content (AvgIpc) is 3.11. The van der Waals surface area contributed by atoms with Crippen molar-refractivity contribution in [3.63, 3.8) is 0 Å². The van der Waals surface area contributed by atoms with Crippen molar-refractivity contribution >= 4 is 11.7 Å². The summed E-state index contributed by atoms with van der Waals surface area (Å²) in [4.78, 5) is 27.2. The number of anilines is 1. The second-order valence-electron chi connectivity index (χ2n) is 6.54. The van der Waals surface area contributed by atoms with Crippen molar-refractivity contribution in [3.05, 3.63) is 53.3 Å². The number of hydrogen-bond acceptors (Lipinski definition) is 7. The van der Waals surface area contributed by atoms with Crippen molar-refractivity contribution in [2.45, 2.75) is 33.4 Å². The minimum Gasteiger partial charge on any atom is -0.364 e. The molecule has 0 bridgehead atoms. The Balaban J connectivity index is 1.70. The number of hydrogen-bond donors (Lipinski definition) is 1. The van der Waals surface area contributed by atoms with Gasteiger partial charge in [0.15, 0.2) is 5.82 Å². The lowest BCUT2D eigenvalue weighted by Crippen LogP contribution is -2.35. The van der Waals surface area contributed by atoms with Gasteiger partial charge in [-0.15, -0.1) is 0 Å². The first-order chi connectivity index (χ1) is 13.1. The van der Waals surface area contributed by atoms with Crippen LogP contribution in [0.4, 0.5) is 5.82 Å². The normalized spacial score (nSPS) is 13.3. The topological polar surface area (TPSA) is 97.0 Å². The number of pyridine rings is 1. The van der Waals surface area contributed by atoms with E-state index >= 15 is 0 Å². The number of aromatic nitrogens is 4. The number of amides is 1. The van der Waals surface area contributed by atoms with Crippen LogP contribution in [0.15, 0.2) is 35.1 Å². The van der Waals surface area contributed by atoms with Gasteiger partial charge in [-0.05, 0) is 25.5 Å². The van der Waals surface area contributed by atoms with Crippen molar-refractivity contribution in [1.82, 2.24) is 25.0 Å². The maximum absolute atomic E-state index is 11.8. The van der Waals surface area contributed by atoms with E-state index in [4.69, 9.17) is 14.5 Å². The highest BCUT2D eigenvalue weighted by Gasteiger charge is 2.24. The fourth-order valence-corrected chi connectivity index (χ4v) is 3.15. The molecule has 0 saturated heterocycles. The van der Waals surface area contributed by atoms with Crippen LogP contribution in [0.5, 0.6) is 0 Å². The molecule has 4 rings (SSSR count). The minimum absolute atomic E-state index is 0.0507. The number of aryl methyl sites for hydroxylation is 1. The van der Waals surface area contributed by atoms with Crippen LogP contribution in [0.25, 0.3) is 11.4 Å². The summed E-state index contributed by atoms with van der Waals surface area (Å²) in [5.74, 6) is 2.17. The standard InChI is InChI=1S/C19H20N6O2/c1-12-8-15(24-27-12)10-21-19-16-5-7-25(13(2)26)11-17(16)22-18(23-19)14-4-3-6-20-9-14/h3-4,6,8-9H,5,7,10-11H2,1-2H3,(H,21,22,23). The van der Waals surface area contributed by atoms with Crippen molar-refractivity contribution in [2.24, 2.45) is 0 Å². The van der Waals surface area contributed by atoms with Crippen molar-refractivity contribution in [1.29, 1.82) is 0 Å². The van der Waals surface area contributed by atoms with Crippen LogP contribution in [0.1, 0.15) is 29.6 Å². The van der Waals surface area contributed by atoms with E-state index in [-0.39, 0.29) is 5.91 Å². The fourth-order valence-electron chi connectivity index (χ4n) is 3.15. The molecular formula is C19H20N6O2. The van der Waals surface area contributed by atoms with Gasteiger partial charge in [0.1, 0.15) is 17.3 Å². The number of nitrogens with zero attached hydrogens (tertiary/aromatic N) is 5. The molecule has 0 atom stereocenters. The van der Waals surface area contributed by atoms with E-state index in [0.717, 1.165) is 34.1 Å². The molecular weight excluding hydrogens is 344 g/mol. The van der Waals surface area contributed by atoms with Gasteiger partial charge in [0.25, 0.3) is 0 Å². The molecule has 1 aliphatic rings. The van der Waals surface area contributed by atoms with Gasteiger partial charge in [-0.2, -0.15) is 0 Å². The van der Waals surface area contributed by atoms with Gasteiger partial charge in [-0.1, -0.05) is 5.16 Å². The predicted molar refractivity (Wildman–Crippen MR) is 98.6 cm³/mol. The molecule has 3 aromatic heterocycles. The number of fused-ring (bicyclic) bond motifs is 1. The SMILES string of the molecule is CC(=O)N1CCc2c(nc(-c3cccnc3)nc2NCc2cc(C)on2)C1. The Morgan fingerprint density at radius 3 is 2.96 bits per heavy atom. The third-order valence-electron chi connectivity index (χ3n) is 4.54. The lowest BCUT2D eigenvalue weighted by Gasteiger charge is -2.28. The van der Waals surface area contributed by atoms with E-state index < -0.39 is 0 Å². The average molecular weight is 364 g/mol. The predicted octanol–water partition coefficient (Wildman–Crippen LogP) is 2.35. The summed E-state index contributed by atoms with van der Waals surface area (Å²) >= 11 is 0. The zero-order valence-electron chi connectivity index (χ0n) is 15.3. The van der Waals surface area contributed by atoms with Crippen LogP contribution < -0.4 is 5.32 Å². The monoisotopic (exact) mass is 364 g/mol. The van der Waals surface area contributed by atoms with Gasteiger partial charge in [0.2, 0.25) is 5.91 Å². The summed E-state index contributed by atoms with van der Waals surface area (Å²) in [7, 11) is 0. The van der Waals surface area contributed by atoms with Crippen molar-refractivity contribution < 1.29 is 9.32 Å². The van der Waals surface area contributed by atoms with Gasteiger partial charge in [0, 0.05) is 43.1 Å². The summed E-state index contributed by atoms with van der Waals surface area (Å²) < 4.78 is 5.12. The molecule has 1 N–H and O–H groups in total. The lowest BCUT2D eigenvalue weighted by molar-refractivity contribution is -0.129. The van der Waals surface area contributed by atoms with E-state index in [1.807, 2.05) is 25.1 Å². The summed E-state index contributed by atoms with van der Waals surface area (Å²) in [6.45, 7) is 5.09. The minimum atomic E-state index is 0.0507. The molecule has 0 aromatic carbocycles. The maximum atomic E-state index is 11.8. The van der Waals surface area contributed by atoms with Gasteiger partial charge < -0.3 is 14.7 Å². The van der Waals surface area contributed by atoms with Crippen LogP contribution in [0.3, 0.4) is 0 Å². The molecule has 4 heterocycles. The largest absolute Gasteiger partial charge is 0.364 e. The van der Waals surface area contributed by atoms with Crippen LogP contribution in [-0.4, -0.2) is 37.5 Å². The second kappa shape index (κ2) is 7.14. The van der Waals surface area contributed by atoms with Gasteiger partial charge in [-0.3, -0.25) is 9.78 Å². The van der Waals surface area contributed by atoms with E-state index in [9.17, 15) is 4.79 Å². The summed E-state index contributed by atoms with van der Waals surface area (Å²) in [5.41, 5.74) is 3.55. The molecule has 0 aliphatic carbocycles. The quantitative estimate of drug-likeness (QED) is 0.759. The van der Waals surface area contributed by atoms with Gasteiger partial charge in [-0.25, -0.2) is 9.97 Å². The smallest absolute Gasteiger partial charge is 0.219 e. The Hall–Kier alpha value is -3.29. The third-order valence-corrected chi connectivity index (χ3v) is 4.54. The Bertz CT molecular complexity index is 970. The first kappa shape index (κ1) is 17.1. The molecule has 0 saturated carbocycles. The Labute approximate surface area is 156 Å². The third kappa shape index (κ3) is 3.64. The Kier molecular flexibility index (Phi) is 4.53. The second-order valence-corrected chi connectivity index (χ2v) is 6.54. The van der Waals surface area contributed by atoms with E-state index in [0.29, 0.717) is 31.9 Å². The first-order valence-corrected chi connectivity index (χ1v) is 8.82. The molecule has 3 aromatic rings. The number of nitrogens with one attached hydrogen (secondary N) is 1. The van der Waals surface area contributed by atoms with Crippen LogP contribution in [0, 0.1) is 6.92 Å². The first-order valence-electron chi connectivity index (χ1n) is 8.82. The molecule has 138 valence electrons. The van der Waals surface area contributed by atoms with Gasteiger partial charge >= 0.3 is 0 Å². The van der Waals surface area contributed by atoms with Crippen LogP contribution >= 0.6 is 0 Å². The molecule has 1 aliphatic heterocycles. The number of rotatable bonds is 4. The van der Waals surface area contributed by atoms with E-state index in [2.05, 4.69) is 15.5 Å². The summed E-state index contributed by atoms with van der Waals surface area (Å²) in [5, 5.41) is 7.37. The van der Waals surface area contributed by atoms with Crippen molar-refractivity contribution in [3.8, 4) is 11.4 Å². The molecule has 27 heavy (non-hydrogen) atoms. The molecule has 0 spiro atoms. The highest BCUT2D eigenvalue weighted by molar-refractivity contribution is 5.74. The zero-order valence-corrected chi connectivity index (χ0v) is 15.3. The molecule has 8 heteroatoms. The fraction of sp³-hybridized carbons (Fsp3) is 0.316. The summed E-state index contributed by atoms with van der Waals surface area (Å²) in [6, 6.07) is 5.66. The molecule has 0 unspecified atom stereocenters. The van der Waals surface area contributed by atoms with Crippen LogP contribution in [0.2, 0.25) is 0 Å². The van der Waals surface area contributed by atoms with Gasteiger partial charge in [0.05, 0.1) is 18.8 Å². The maximum Gasteiger partial charge on any atom is 0.219 e. The van der Waals surface area contributed by atoms with Crippen molar-refractivity contribution in [2.75, 3.05) is 11.9 Å². The number of carbonyl (C=O) groups is 1. The highest BCUT2D eigenvalue weighted by Crippen LogP contribution is 2.27. The van der Waals surface area contributed by atoms with E-state index in [1.165, 1.54) is 0 Å². The molecule has 0 radical (unpaired) electrons. The Morgan fingerprint density at radius 2 is 2.26 bits per heavy atom. The van der Waals surface area contributed by atoms with Crippen LogP contribution in [-0.2, 0) is 24.3 Å². The lowest BCUT2D eigenvalue weighted by atomic mass is 10.0. The zero-order chi connectivity index (χ0) is 18.8. The molecule has 8 nitrogen and oxygen atoms in total. The molecule has 1 amide bonds. The molecule has 0 fully saturated rings. The van der Waals surface area contributed by atoms with E-state index in [1.54, 1.807) is 24.2 Å². The summed E-state index contributed by atoms with van der Waals surface area (Å²) in [6.07, 6.45) is 4.16.